The van der Waals surface area contributed by atoms with Gasteiger partial charge in [0.05, 0.1) is 17.4 Å². The highest BCUT2D eigenvalue weighted by Crippen LogP contribution is 2.05. The fraction of sp³-hybridized carbons (Fsp3) is 0.273. The van der Waals surface area contributed by atoms with Crippen molar-refractivity contribution in [1.29, 1.82) is 0 Å². The number of hydrogen-bond donors (Lipinski definition) is 2. The zero-order chi connectivity index (χ0) is 10.7. The van der Waals surface area contributed by atoms with Gasteiger partial charge < -0.3 is 10.3 Å². The van der Waals surface area contributed by atoms with Crippen molar-refractivity contribution in [2.45, 2.75) is 13.5 Å². The van der Waals surface area contributed by atoms with Crippen LogP contribution in [0.15, 0.2) is 29.1 Å². The number of benzene rings is 1. The van der Waals surface area contributed by atoms with E-state index in [0.717, 1.165) is 12.1 Å². The van der Waals surface area contributed by atoms with Crippen molar-refractivity contribution in [3.63, 3.8) is 0 Å². The van der Waals surface area contributed by atoms with E-state index in [1.807, 2.05) is 25.1 Å². The molecule has 0 amide bonds. The number of para-hydroxylation sites is 1. The minimum atomic E-state index is -0.0755. The van der Waals surface area contributed by atoms with Crippen molar-refractivity contribution in [2.24, 2.45) is 0 Å². The van der Waals surface area contributed by atoms with Crippen LogP contribution in [0, 0.1) is 0 Å². The maximum atomic E-state index is 11.6. The summed E-state index contributed by atoms with van der Waals surface area (Å²) >= 11 is 0. The summed E-state index contributed by atoms with van der Waals surface area (Å²) in [5, 5.41) is 3.76. The molecule has 0 unspecified atom stereocenters. The number of fused-ring (bicyclic) bond motifs is 1. The molecule has 1 aromatic carbocycles. The summed E-state index contributed by atoms with van der Waals surface area (Å²) in [6, 6.07) is 7.34. The van der Waals surface area contributed by atoms with Gasteiger partial charge in [-0.05, 0) is 18.7 Å². The average molecular weight is 240 g/mol. The highest BCUT2D eigenvalue weighted by atomic mass is 35.5. The lowest BCUT2D eigenvalue weighted by molar-refractivity contribution is 0.691. The normalized spacial score (nSPS) is 10.1. The second-order valence-corrected chi connectivity index (χ2v) is 3.31. The topological polar surface area (TPSA) is 57.8 Å². The Balaban J connectivity index is 0.00000128. The van der Waals surface area contributed by atoms with Crippen LogP contribution in [-0.2, 0) is 6.54 Å². The molecule has 1 heterocycles. The Bertz CT molecular complexity index is 524. The van der Waals surface area contributed by atoms with E-state index in [0.29, 0.717) is 17.8 Å². The van der Waals surface area contributed by atoms with Crippen molar-refractivity contribution >= 4 is 23.3 Å². The van der Waals surface area contributed by atoms with E-state index in [1.54, 1.807) is 6.07 Å². The summed E-state index contributed by atoms with van der Waals surface area (Å²) in [7, 11) is 0. The van der Waals surface area contributed by atoms with E-state index in [-0.39, 0.29) is 18.0 Å². The molecule has 0 aliphatic heterocycles. The van der Waals surface area contributed by atoms with E-state index in [9.17, 15) is 4.79 Å². The molecule has 16 heavy (non-hydrogen) atoms. The first-order valence-electron chi connectivity index (χ1n) is 5.00. The van der Waals surface area contributed by atoms with Crippen molar-refractivity contribution < 1.29 is 0 Å². The van der Waals surface area contributed by atoms with Crippen molar-refractivity contribution in [3.8, 4) is 0 Å². The Hall–Kier alpha value is -1.39. The van der Waals surface area contributed by atoms with Crippen LogP contribution in [0.5, 0.6) is 0 Å². The third-order valence-corrected chi connectivity index (χ3v) is 2.20. The Labute approximate surface area is 99.5 Å². The molecule has 0 radical (unpaired) electrons. The summed E-state index contributed by atoms with van der Waals surface area (Å²) in [6.45, 7) is 3.46. The molecular weight excluding hydrogens is 226 g/mol. The standard InChI is InChI=1S/C11H13N3O.ClH/c1-2-12-7-10-13-9-6-4-3-5-8(9)11(15)14-10;/h3-6,12H,2,7H2,1H3,(H,13,14,15);1H. The molecule has 4 nitrogen and oxygen atoms in total. The van der Waals surface area contributed by atoms with Gasteiger partial charge in [-0.15, -0.1) is 12.4 Å². The van der Waals surface area contributed by atoms with Crippen LogP contribution in [0.1, 0.15) is 12.7 Å². The summed E-state index contributed by atoms with van der Waals surface area (Å²) in [4.78, 5) is 18.8. The Morgan fingerprint density at radius 2 is 2.12 bits per heavy atom. The smallest absolute Gasteiger partial charge is 0.258 e. The molecule has 1 aromatic heterocycles. The first-order chi connectivity index (χ1) is 7.31. The van der Waals surface area contributed by atoms with Gasteiger partial charge in [-0.1, -0.05) is 19.1 Å². The van der Waals surface area contributed by atoms with E-state index >= 15 is 0 Å². The minimum absolute atomic E-state index is 0. The zero-order valence-electron chi connectivity index (χ0n) is 8.99. The van der Waals surface area contributed by atoms with Crippen molar-refractivity contribution in [3.05, 3.63) is 40.4 Å². The van der Waals surface area contributed by atoms with Gasteiger partial charge in [-0.3, -0.25) is 4.79 Å². The third-order valence-electron chi connectivity index (χ3n) is 2.20. The Morgan fingerprint density at radius 1 is 1.38 bits per heavy atom. The maximum absolute atomic E-state index is 11.6. The second kappa shape index (κ2) is 5.63. The number of nitrogens with one attached hydrogen (secondary N) is 2. The van der Waals surface area contributed by atoms with Crippen LogP contribution >= 0.6 is 12.4 Å². The predicted molar refractivity (Wildman–Crippen MR) is 67.0 cm³/mol. The van der Waals surface area contributed by atoms with Gasteiger partial charge in [0, 0.05) is 0 Å². The largest absolute Gasteiger partial charge is 0.310 e. The van der Waals surface area contributed by atoms with Crippen LogP contribution in [0.2, 0.25) is 0 Å². The SMILES string of the molecule is CCNCc1nc2ccccc2c(=O)[nH]1.Cl. The monoisotopic (exact) mass is 239 g/mol. The van der Waals surface area contributed by atoms with E-state index in [4.69, 9.17) is 0 Å². The van der Waals surface area contributed by atoms with Gasteiger partial charge in [-0.25, -0.2) is 4.98 Å². The second-order valence-electron chi connectivity index (χ2n) is 3.31. The molecule has 0 saturated carbocycles. The molecule has 0 fully saturated rings. The highest BCUT2D eigenvalue weighted by Gasteiger charge is 2.01. The zero-order valence-corrected chi connectivity index (χ0v) is 9.80. The molecule has 2 N–H and O–H groups in total. The lowest BCUT2D eigenvalue weighted by Gasteiger charge is -2.02. The molecule has 2 rings (SSSR count). The van der Waals surface area contributed by atoms with Gasteiger partial charge >= 0.3 is 0 Å². The van der Waals surface area contributed by atoms with Gasteiger partial charge in [0.2, 0.25) is 0 Å². The van der Waals surface area contributed by atoms with Gasteiger partial charge in [0.25, 0.3) is 5.56 Å². The minimum Gasteiger partial charge on any atom is -0.310 e. The highest BCUT2D eigenvalue weighted by molar-refractivity contribution is 5.85. The third kappa shape index (κ3) is 2.59. The van der Waals surface area contributed by atoms with E-state index in [1.165, 1.54) is 0 Å². The molecule has 0 spiro atoms. The fourth-order valence-corrected chi connectivity index (χ4v) is 1.46. The van der Waals surface area contributed by atoms with Crippen LogP contribution in [0.4, 0.5) is 0 Å². The van der Waals surface area contributed by atoms with Crippen LogP contribution in [-0.4, -0.2) is 16.5 Å². The molecule has 2 aromatic rings. The van der Waals surface area contributed by atoms with Crippen LogP contribution < -0.4 is 10.9 Å². The maximum Gasteiger partial charge on any atom is 0.258 e. The first kappa shape index (κ1) is 12.7. The molecular formula is C11H14ClN3O. The van der Waals surface area contributed by atoms with Gasteiger partial charge in [0.1, 0.15) is 5.82 Å². The number of nitrogens with zero attached hydrogens (tertiary/aromatic N) is 1. The Kier molecular flexibility index (Phi) is 4.46. The van der Waals surface area contributed by atoms with E-state index < -0.39 is 0 Å². The number of aromatic amines is 1. The summed E-state index contributed by atoms with van der Waals surface area (Å²) in [5.41, 5.74) is 0.669. The molecule has 0 aliphatic carbocycles. The lowest BCUT2D eigenvalue weighted by Crippen LogP contribution is -2.19. The Morgan fingerprint density at radius 3 is 2.88 bits per heavy atom. The average Bonchev–Trinajstić information content (AvgIpc) is 2.26. The molecule has 0 bridgehead atoms. The summed E-state index contributed by atoms with van der Waals surface area (Å²) < 4.78 is 0. The summed E-state index contributed by atoms with van der Waals surface area (Å²) in [6.07, 6.45) is 0. The molecule has 0 saturated heterocycles. The fourth-order valence-electron chi connectivity index (χ4n) is 1.46. The number of aromatic nitrogens is 2. The lowest BCUT2D eigenvalue weighted by atomic mass is 10.2. The quantitative estimate of drug-likeness (QED) is 0.853. The van der Waals surface area contributed by atoms with Crippen LogP contribution in [0.3, 0.4) is 0 Å². The van der Waals surface area contributed by atoms with Crippen molar-refractivity contribution in [1.82, 2.24) is 15.3 Å². The van der Waals surface area contributed by atoms with E-state index in [2.05, 4.69) is 15.3 Å². The number of rotatable bonds is 3. The first-order valence-corrected chi connectivity index (χ1v) is 5.00. The molecule has 86 valence electrons. The van der Waals surface area contributed by atoms with Crippen molar-refractivity contribution in [2.75, 3.05) is 6.54 Å². The number of halogens is 1. The van der Waals surface area contributed by atoms with Crippen LogP contribution in [0.25, 0.3) is 10.9 Å². The van der Waals surface area contributed by atoms with Gasteiger partial charge in [0.15, 0.2) is 0 Å². The predicted octanol–water partition coefficient (Wildman–Crippen LogP) is 1.45. The van der Waals surface area contributed by atoms with Gasteiger partial charge in [-0.2, -0.15) is 0 Å². The molecule has 0 atom stereocenters. The molecule has 0 aliphatic rings. The molecule has 5 heteroatoms. The number of H-pyrrole nitrogens is 1. The summed E-state index contributed by atoms with van der Waals surface area (Å²) in [5.74, 6) is 0.681. The number of hydrogen-bond acceptors (Lipinski definition) is 3.